The Bertz CT molecular complexity index is 568. The van der Waals surface area contributed by atoms with Gasteiger partial charge in [0.25, 0.3) is 0 Å². The van der Waals surface area contributed by atoms with Crippen molar-refractivity contribution in [3.8, 4) is 0 Å². The Hall–Kier alpha value is -2.16. The number of hydrogen-bond donors (Lipinski definition) is 0. The molecule has 2 nitrogen and oxygen atoms in total. The van der Waals surface area contributed by atoms with E-state index in [4.69, 9.17) is 0 Å². The van der Waals surface area contributed by atoms with E-state index in [1.807, 2.05) is 42.2 Å². The Morgan fingerprint density at radius 3 is 2.35 bits per heavy atom. The topological polar surface area (TPSA) is 20.3 Å². The lowest BCUT2D eigenvalue weighted by atomic mass is 10.1. The Labute approximate surface area is 118 Å². The summed E-state index contributed by atoms with van der Waals surface area (Å²) in [7, 11) is 0. The lowest BCUT2D eigenvalue weighted by Crippen LogP contribution is -2.30. The van der Waals surface area contributed by atoms with Gasteiger partial charge in [0, 0.05) is 18.7 Å². The van der Waals surface area contributed by atoms with Gasteiger partial charge in [-0.15, -0.1) is 0 Å². The predicted octanol–water partition coefficient (Wildman–Crippen LogP) is 3.46. The standard InChI is InChI=1S/C17H18FNO/c1-2-19(15-9-4-3-5-10-15)13-16(20)12-14-8-6-7-11-17(14)18/h3-11H,2,12-13H2,1H3. The number of nitrogens with zero attached hydrogens (tertiary/aromatic N) is 1. The summed E-state index contributed by atoms with van der Waals surface area (Å²) in [5.41, 5.74) is 1.47. The summed E-state index contributed by atoms with van der Waals surface area (Å²) in [6, 6.07) is 16.2. The van der Waals surface area contributed by atoms with E-state index in [0.717, 1.165) is 12.2 Å². The number of hydrogen-bond acceptors (Lipinski definition) is 2. The molecule has 0 aliphatic heterocycles. The van der Waals surface area contributed by atoms with Gasteiger partial charge in [0.15, 0.2) is 5.78 Å². The van der Waals surface area contributed by atoms with Gasteiger partial charge in [-0.3, -0.25) is 4.79 Å². The van der Waals surface area contributed by atoms with Gasteiger partial charge in [-0.1, -0.05) is 36.4 Å². The summed E-state index contributed by atoms with van der Waals surface area (Å²) in [5.74, 6) is -0.301. The molecule has 0 aliphatic rings. The van der Waals surface area contributed by atoms with Crippen molar-refractivity contribution in [1.82, 2.24) is 0 Å². The van der Waals surface area contributed by atoms with E-state index < -0.39 is 0 Å². The van der Waals surface area contributed by atoms with Crippen LogP contribution in [0.4, 0.5) is 10.1 Å². The second-order valence-electron chi connectivity index (χ2n) is 4.66. The van der Waals surface area contributed by atoms with Crippen LogP contribution in [0.5, 0.6) is 0 Å². The van der Waals surface area contributed by atoms with Gasteiger partial charge >= 0.3 is 0 Å². The molecule has 2 aromatic rings. The SMILES string of the molecule is CCN(CC(=O)Cc1ccccc1F)c1ccccc1. The number of rotatable bonds is 6. The van der Waals surface area contributed by atoms with Gasteiger partial charge in [0.1, 0.15) is 5.82 Å². The average molecular weight is 271 g/mol. The number of carbonyl (C=O) groups is 1. The van der Waals surface area contributed by atoms with Gasteiger partial charge in [-0.25, -0.2) is 4.39 Å². The summed E-state index contributed by atoms with van der Waals surface area (Å²) in [6.07, 6.45) is 0.135. The van der Waals surface area contributed by atoms with Crippen LogP contribution in [-0.4, -0.2) is 18.9 Å². The number of benzene rings is 2. The minimum absolute atomic E-state index is 0.0146. The third-order valence-electron chi connectivity index (χ3n) is 3.22. The van der Waals surface area contributed by atoms with E-state index in [-0.39, 0.29) is 18.0 Å². The number of ketones is 1. The maximum atomic E-state index is 13.5. The molecular formula is C17H18FNO. The lowest BCUT2D eigenvalue weighted by molar-refractivity contribution is -0.117. The highest BCUT2D eigenvalue weighted by molar-refractivity contribution is 5.85. The minimum Gasteiger partial charge on any atom is -0.364 e. The van der Waals surface area contributed by atoms with Crippen LogP contribution in [-0.2, 0) is 11.2 Å². The van der Waals surface area contributed by atoms with Crippen LogP contribution >= 0.6 is 0 Å². The summed E-state index contributed by atoms with van der Waals surface area (Å²) in [4.78, 5) is 14.1. The Kier molecular flexibility index (Phi) is 4.88. The quantitative estimate of drug-likeness (QED) is 0.802. The van der Waals surface area contributed by atoms with E-state index in [1.165, 1.54) is 6.07 Å². The fraction of sp³-hybridized carbons (Fsp3) is 0.235. The first kappa shape index (κ1) is 14.3. The van der Waals surface area contributed by atoms with E-state index in [0.29, 0.717) is 12.1 Å². The van der Waals surface area contributed by atoms with Gasteiger partial charge in [-0.05, 0) is 30.7 Å². The summed E-state index contributed by atoms with van der Waals surface area (Å²) < 4.78 is 13.5. The highest BCUT2D eigenvalue weighted by Gasteiger charge is 2.12. The molecule has 0 fully saturated rings. The summed E-state index contributed by atoms with van der Waals surface area (Å²) in [5, 5.41) is 0. The van der Waals surface area contributed by atoms with E-state index in [1.54, 1.807) is 18.2 Å². The minimum atomic E-state index is -0.316. The highest BCUT2D eigenvalue weighted by Crippen LogP contribution is 2.14. The van der Waals surface area contributed by atoms with Crippen molar-refractivity contribution in [3.63, 3.8) is 0 Å². The van der Waals surface area contributed by atoms with E-state index in [9.17, 15) is 9.18 Å². The van der Waals surface area contributed by atoms with Gasteiger partial charge in [0.2, 0.25) is 0 Å². The van der Waals surface area contributed by atoms with Crippen molar-refractivity contribution in [2.24, 2.45) is 0 Å². The molecular weight excluding hydrogens is 253 g/mol. The predicted molar refractivity (Wildman–Crippen MR) is 79.4 cm³/mol. The summed E-state index contributed by atoms with van der Waals surface area (Å²) in [6.45, 7) is 3.05. The molecule has 20 heavy (non-hydrogen) atoms. The molecule has 0 heterocycles. The Morgan fingerprint density at radius 1 is 1.05 bits per heavy atom. The van der Waals surface area contributed by atoms with E-state index in [2.05, 4.69) is 0 Å². The second kappa shape index (κ2) is 6.85. The number of likely N-dealkylation sites (N-methyl/N-ethyl adjacent to an activating group) is 1. The zero-order valence-electron chi connectivity index (χ0n) is 11.6. The molecule has 0 spiro atoms. The first-order chi connectivity index (χ1) is 9.70. The Balaban J connectivity index is 2.02. The van der Waals surface area contributed by atoms with Crippen LogP contribution in [0.25, 0.3) is 0 Å². The van der Waals surface area contributed by atoms with Gasteiger partial charge < -0.3 is 4.90 Å². The maximum absolute atomic E-state index is 13.5. The molecule has 0 radical (unpaired) electrons. The highest BCUT2D eigenvalue weighted by atomic mass is 19.1. The van der Waals surface area contributed by atoms with Crippen molar-refractivity contribution in [3.05, 3.63) is 66.0 Å². The molecule has 2 aromatic carbocycles. The van der Waals surface area contributed by atoms with Gasteiger partial charge in [-0.2, -0.15) is 0 Å². The molecule has 0 bridgehead atoms. The molecule has 104 valence electrons. The molecule has 0 N–H and O–H groups in total. The average Bonchev–Trinajstić information content (AvgIpc) is 2.48. The lowest BCUT2D eigenvalue weighted by Gasteiger charge is -2.22. The molecule has 0 aliphatic carbocycles. The van der Waals surface area contributed by atoms with Crippen LogP contribution < -0.4 is 4.90 Å². The molecule has 0 atom stereocenters. The number of Topliss-reactive ketones (excluding diaryl/α,β-unsaturated/α-hetero) is 1. The third kappa shape index (κ3) is 3.67. The number of halogens is 1. The smallest absolute Gasteiger partial charge is 0.156 e. The van der Waals surface area contributed by atoms with Crippen LogP contribution in [0.3, 0.4) is 0 Å². The number of carbonyl (C=O) groups excluding carboxylic acids is 1. The zero-order chi connectivity index (χ0) is 14.4. The fourth-order valence-electron chi connectivity index (χ4n) is 2.15. The first-order valence-corrected chi connectivity index (χ1v) is 6.75. The fourth-order valence-corrected chi connectivity index (χ4v) is 2.15. The van der Waals surface area contributed by atoms with Crippen molar-refractivity contribution in [1.29, 1.82) is 0 Å². The van der Waals surface area contributed by atoms with Crippen molar-refractivity contribution in [2.45, 2.75) is 13.3 Å². The summed E-state index contributed by atoms with van der Waals surface area (Å²) >= 11 is 0. The molecule has 0 saturated carbocycles. The van der Waals surface area contributed by atoms with Crippen molar-refractivity contribution >= 4 is 11.5 Å². The normalized spacial score (nSPS) is 10.3. The van der Waals surface area contributed by atoms with Crippen molar-refractivity contribution in [2.75, 3.05) is 18.0 Å². The zero-order valence-corrected chi connectivity index (χ0v) is 11.6. The van der Waals surface area contributed by atoms with Crippen molar-refractivity contribution < 1.29 is 9.18 Å². The first-order valence-electron chi connectivity index (χ1n) is 6.75. The van der Waals surface area contributed by atoms with Crippen LogP contribution in [0.15, 0.2) is 54.6 Å². The third-order valence-corrected chi connectivity index (χ3v) is 3.22. The molecule has 0 saturated heterocycles. The maximum Gasteiger partial charge on any atom is 0.156 e. The number of para-hydroxylation sites is 1. The van der Waals surface area contributed by atoms with Crippen LogP contribution in [0.2, 0.25) is 0 Å². The molecule has 3 heteroatoms. The van der Waals surface area contributed by atoms with E-state index >= 15 is 0 Å². The van der Waals surface area contributed by atoms with Crippen LogP contribution in [0, 0.1) is 5.82 Å². The molecule has 2 rings (SSSR count). The van der Waals surface area contributed by atoms with Crippen LogP contribution in [0.1, 0.15) is 12.5 Å². The number of anilines is 1. The molecule has 0 amide bonds. The molecule has 0 aromatic heterocycles. The van der Waals surface area contributed by atoms with Gasteiger partial charge in [0.05, 0.1) is 6.54 Å². The molecule has 0 unspecified atom stereocenters. The largest absolute Gasteiger partial charge is 0.364 e. The second-order valence-corrected chi connectivity index (χ2v) is 4.66. The Morgan fingerprint density at radius 2 is 1.70 bits per heavy atom. The monoisotopic (exact) mass is 271 g/mol.